The summed E-state index contributed by atoms with van der Waals surface area (Å²) in [6.07, 6.45) is 6.01. The highest BCUT2D eigenvalue weighted by Crippen LogP contribution is 2.32. The lowest BCUT2D eigenvalue weighted by Crippen LogP contribution is -2.26. The highest BCUT2D eigenvalue weighted by atomic mass is 16.6. The molecule has 1 aromatic carbocycles. The molecule has 9 heteroatoms. The van der Waals surface area contributed by atoms with Crippen LogP contribution in [0.2, 0.25) is 0 Å². The Morgan fingerprint density at radius 3 is 2.74 bits per heavy atom. The van der Waals surface area contributed by atoms with Crippen LogP contribution in [0.3, 0.4) is 0 Å². The number of rotatable bonds is 5. The molecule has 158 valence electrons. The van der Waals surface area contributed by atoms with Gasteiger partial charge < -0.3 is 9.47 Å². The van der Waals surface area contributed by atoms with Crippen molar-refractivity contribution in [2.24, 2.45) is 7.05 Å². The molecule has 0 bridgehead atoms. The fourth-order valence-corrected chi connectivity index (χ4v) is 4.36. The van der Waals surface area contributed by atoms with Gasteiger partial charge in [-0.25, -0.2) is 9.97 Å². The molecule has 3 aromatic heterocycles. The molecule has 0 N–H and O–H groups in total. The number of nitrogens with zero attached hydrogens (tertiary/aromatic N) is 7. The monoisotopic (exact) mass is 417 g/mol. The summed E-state index contributed by atoms with van der Waals surface area (Å²) in [5.74, 6) is 1.59. The first-order valence-electron chi connectivity index (χ1n) is 10.4. The molecule has 0 amide bonds. The number of hydrogen-bond donors (Lipinski definition) is 0. The molecule has 31 heavy (non-hydrogen) atoms. The Kier molecular flexibility index (Phi) is 4.65. The first-order chi connectivity index (χ1) is 15.0. The normalized spacial score (nSPS) is 16.3. The highest BCUT2D eigenvalue weighted by Gasteiger charge is 2.24. The Morgan fingerprint density at radius 1 is 1.23 bits per heavy atom. The predicted molar refractivity (Wildman–Crippen MR) is 118 cm³/mol. The number of pyridine rings is 1. The summed E-state index contributed by atoms with van der Waals surface area (Å²) in [5, 5.41) is 16.2. The SMILES string of the molecule is CC1CCCN1c1ccc(-c2nc3cccc([N+](=O)[O-])c3n2Cc2ccn(C)n2)cn1. The van der Waals surface area contributed by atoms with Crippen molar-refractivity contribution >= 4 is 22.5 Å². The van der Waals surface area contributed by atoms with Gasteiger partial charge in [0.1, 0.15) is 17.2 Å². The standard InChI is InChI=1S/C22H23N7O2/c1-15-5-4-11-27(15)20-9-8-16(13-23-20)22-24-18-6-3-7-19(29(30)31)21(18)28(22)14-17-10-12-26(2)25-17/h3,6-10,12-13,15H,4-5,11,14H2,1-2H3. The lowest BCUT2D eigenvalue weighted by molar-refractivity contribution is -0.383. The van der Waals surface area contributed by atoms with Gasteiger partial charge in [0.05, 0.1) is 22.7 Å². The molecule has 5 rings (SSSR count). The maximum Gasteiger partial charge on any atom is 0.295 e. The van der Waals surface area contributed by atoms with E-state index < -0.39 is 0 Å². The van der Waals surface area contributed by atoms with Gasteiger partial charge in [0.2, 0.25) is 0 Å². The van der Waals surface area contributed by atoms with E-state index in [1.165, 1.54) is 18.9 Å². The van der Waals surface area contributed by atoms with Crippen molar-refractivity contribution in [1.29, 1.82) is 0 Å². The molecule has 1 unspecified atom stereocenters. The number of aromatic nitrogens is 5. The van der Waals surface area contributed by atoms with Crippen molar-refractivity contribution in [3.05, 3.63) is 64.6 Å². The molecule has 4 aromatic rings. The van der Waals surface area contributed by atoms with Crippen LogP contribution in [0.1, 0.15) is 25.5 Å². The molecular formula is C22H23N7O2. The highest BCUT2D eigenvalue weighted by molar-refractivity contribution is 5.88. The van der Waals surface area contributed by atoms with Gasteiger partial charge >= 0.3 is 0 Å². The number of aryl methyl sites for hydroxylation is 1. The van der Waals surface area contributed by atoms with Crippen LogP contribution in [0, 0.1) is 10.1 Å². The summed E-state index contributed by atoms with van der Waals surface area (Å²) in [4.78, 5) is 23.1. The second kappa shape index (κ2) is 7.50. The van der Waals surface area contributed by atoms with Crippen molar-refractivity contribution in [3.63, 3.8) is 0 Å². The van der Waals surface area contributed by atoms with Crippen molar-refractivity contribution < 1.29 is 4.92 Å². The van der Waals surface area contributed by atoms with Gasteiger partial charge in [0, 0.05) is 43.7 Å². The Hall–Kier alpha value is -3.75. The number of imidazole rings is 1. The zero-order valence-corrected chi connectivity index (χ0v) is 17.5. The van der Waals surface area contributed by atoms with Gasteiger partial charge in [-0.15, -0.1) is 0 Å². The number of nitro groups is 1. The van der Waals surface area contributed by atoms with Crippen LogP contribution < -0.4 is 4.90 Å². The van der Waals surface area contributed by atoms with E-state index in [9.17, 15) is 10.1 Å². The maximum absolute atomic E-state index is 11.7. The number of anilines is 1. The molecule has 9 nitrogen and oxygen atoms in total. The molecule has 1 atom stereocenters. The Labute approximate surface area is 179 Å². The van der Waals surface area contributed by atoms with E-state index in [0.29, 0.717) is 29.4 Å². The first-order valence-corrected chi connectivity index (χ1v) is 10.4. The van der Waals surface area contributed by atoms with Crippen molar-refractivity contribution in [3.8, 4) is 11.4 Å². The van der Waals surface area contributed by atoms with E-state index in [0.717, 1.165) is 23.6 Å². The van der Waals surface area contributed by atoms with Crippen LogP contribution in [0.4, 0.5) is 11.5 Å². The largest absolute Gasteiger partial charge is 0.354 e. The Balaban J connectivity index is 1.63. The summed E-state index contributed by atoms with van der Waals surface area (Å²) in [7, 11) is 1.85. The summed E-state index contributed by atoms with van der Waals surface area (Å²) >= 11 is 0. The minimum Gasteiger partial charge on any atom is -0.354 e. The minimum absolute atomic E-state index is 0.0302. The number of fused-ring (bicyclic) bond motifs is 1. The summed E-state index contributed by atoms with van der Waals surface area (Å²) < 4.78 is 3.58. The third kappa shape index (κ3) is 3.41. The van der Waals surface area contributed by atoms with E-state index in [2.05, 4.69) is 21.9 Å². The van der Waals surface area contributed by atoms with E-state index >= 15 is 0 Å². The maximum atomic E-state index is 11.7. The molecule has 0 spiro atoms. The second-order valence-electron chi connectivity index (χ2n) is 7.99. The van der Waals surface area contributed by atoms with Crippen LogP contribution in [-0.2, 0) is 13.6 Å². The number of non-ortho nitro benzene ring substituents is 1. The van der Waals surface area contributed by atoms with Gasteiger partial charge in [0.15, 0.2) is 0 Å². The van der Waals surface area contributed by atoms with Gasteiger partial charge in [-0.05, 0) is 44.0 Å². The molecule has 0 aliphatic carbocycles. The zero-order valence-electron chi connectivity index (χ0n) is 17.5. The molecule has 1 aliphatic rings. The molecule has 4 heterocycles. The van der Waals surface area contributed by atoms with Crippen LogP contribution in [0.5, 0.6) is 0 Å². The Bertz CT molecular complexity index is 1260. The summed E-state index contributed by atoms with van der Waals surface area (Å²) in [5.41, 5.74) is 2.72. The molecule has 0 saturated carbocycles. The van der Waals surface area contributed by atoms with E-state index in [1.54, 1.807) is 16.8 Å². The van der Waals surface area contributed by atoms with Gasteiger partial charge in [-0.2, -0.15) is 5.10 Å². The summed E-state index contributed by atoms with van der Waals surface area (Å²) in [6.45, 7) is 3.61. The second-order valence-corrected chi connectivity index (χ2v) is 7.99. The number of nitro benzene ring substituents is 1. The van der Waals surface area contributed by atoms with Gasteiger partial charge in [-0.3, -0.25) is 14.8 Å². The van der Waals surface area contributed by atoms with Crippen molar-refractivity contribution in [2.45, 2.75) is 32.4 Å². The number of hydrogen-bond acceptors (Lipinski definition) is 6. The first kappa shape index (κ1) is 19.2. The fraction of sp³-hybridized carbons (Fsp3) is 0.318. The van der Waals surface area contributed by atoms with Crippen molar-refractivity contribution in [1.82, 2.24) is 24.3 Å². The lowest BCUT2D eigenvalue weighted by atomic mass is 10.2. The van der Waals surface area contributed by atoms with Crippen LogP contribution in [-0.4, -0.2) is 41.8 Å². The van der Waals surface area contributed by atoms with Crippen molar-refractivity contribution in [2.75, 3.05) is 11.4 Å². The quantitative estimate of drug-likeness (QED) is 0.362. The molecule has 1 saturated heterocycles. The molecule has 1 fully saturated rings. The third-order valence-electron chi connectivity index (χ3n) is 5.88. The zero-order chi connectivity index (χ0) is 21.5. The average Bonchev–Trinajstić information content (AvgIpc) is 3.47. The van der Waals surface area contributed by atoms with Crippen LogP contribution >= 0.6 is 0 Å². The van der Waals surface area contributed by atoms with E-state index in [-0.39, 0.29) is 10.6 Å². The van der Waals surface area contributed by atoms with Crippen LogP contribution in [0.25, 0.3) is 22.4 Å². The lowest BCUT2D eigenvalue weighted by Gasteiger charge is -2.22. The van der Waals surface area contributed by atoms with E-state index in [1.807, 2.05) is 42.2 Å². The van der Waals surface area contributed by atoms with Gasteiger partial charge in [0.25, 0.3) is 5.69 Å². The fourth-order valence-electron chi connectivity index (χ4n) is 4.36. The van der Waals surface area contributed by atoms with Gasteiger partial charge in [-0.1, -0.05) is 6.07 Å². The Morgan fingerprint density at radius 2 is 2.10 bits per heavy atom. The minimum atomic E-state index is -0.362. The predicted octanol–water partition coefficient (Wildman–Crippen LogP) is 3.78. The third-order valence-corrected chi connectivity index (χ3v) is 5.88. The average molecular weight is 417 g/mol. The molecule has 1 aliphatic heterocycles. The molecular weight excluding hydrogens is 394 g/mol. The number of para-hydroxylation sites is 1. The van der Waals surface area contributed by atoms with Crippen LogP contribution in [0.15, 0.2) is 48.8 Å². The number of benzene rings is 1. The van der Waals surface area contributed by atoms with E-state index in [4.69, 9.17) is 4.98 Å². The topological polar surface area (TPSA) is 94.9 Å². The smallest absolute Gasteiger partial charge is 0.295 e. The molecule has 0 radical (unpaired) electrons. The summed E-state index contributed by atoms with van der Waals surface area (Å²) in [6, 6.07) is 11.4.